The number of carbonyl (C=O) groups is 1. The van der Waals surface area contributed by atoms with Crippen LogP contribution < -0.4 is 14.8 Å². The fourth-order valence-electron chi connectivity index (χ4n) is 3.65. The first kappa shape index (κ1) is 18.0. The van der Waals surface area contributed by atoms with Crippen molar-refractivity contribution in [3.05, 3.63) is 53.1 Å². The molecule has 142 valence electrons. The number of carbonyl (C=O) groups excluding carboxylic acids is 1. The normalized spacial score (nSPS) is 18.9. The molecular formula is C21H23ClN2O3. The van der Waals surface area contributed by atoms with E-state index in [-0.39, 0.29) is 18.5 Å². The van der Waals surface area contributed by atoms with Crippen LogP contribution in [-0.2, 0) is 4.79 Å². The molecule has 0 spiro atoms. The van der Waals surface area contributed by atoms with Crippen molar-refractivity contribution in [2.45, 2.75) is 25.3 Å². The van der Waals surface area contributed by atoms with E-state index in [0.717, 1.165) is 48.6 Å². The maximum Gasteiger partial charge on any atom is 0.242 e. The van der Waals surface area contributed by atoms with Crippen molar-refractivity contribution in [2.75, 3.05) is 31.6 Å². The van der Waals surface area contributed by atoms with E-state index in [1.165, 1.54) is 0 Å². The van der Waals surface area contributed by atoms with Gasteiger partial charge in [0.05, 0.1) is 25.8 Å². The van der Waals surface area contributed by atoms with Crippen LogP contribution in [0, 0.1) is 0 Å². The maximum absolute atomic E-state index is 12.8. The van der Waals surface area contributed by atoms with Gasteiger partial charge in [-0.2, -0.15) is 0 Å². The van der Waals surface area contributed by atoms with Crippen molar-refractivity contribution in [3.63, 3.8) is 0 Å². The minimum Gasteiger partial charge on any atom is -0.490 e. The molecule has 2 aromatic carbocycles. The fourth-order valence-corrected chi connectivity index (χ4v) is 3.77. The van der Waals surface area contributed by atoms with Gasteiger partial charge in [0.1, 0.15) is 0 Å². The van der Waals surface area contributed by atoms with Gasteiger partial charge in [-0.25, -0.2) is 0 Å². The molecule has 0 saturated carbocycles. The second-order valence-corrected chi connectivity index (χ2v) is 7.30. The summed E-state index contributed by atoms with van der Waals surface area (Å²) in [7, 11) is 0. The number of anilines is 1. The van der Waals surface area contributed by atoms with Crippen LogP contribution >= 0.6 is 11.6 Å². The number of amides is 1. The number of nitrogens with one attached hydrogen (secondary N) is 1. The Bertz CT molecular complexity index is 810. The van der Waals surface area contributed by atoms with Crippen LogP contribution in [0.5, 0.6) is 11.5 Å². The Kier molecular flexibility index (Phi) is 5.39. The molecule has 2 aliphatic rings. The lowest BCUT2D eigenvalue weighted by Crippen LogP contribution is -2.35. The van der Waals surface area contributed by atoms with E-state index in [1.807, 2.05) is 41.3 Å². The van der Waals surface area contributed by atoms with Gasteiger partial charge in [0.2, 0.25) is 5.91 Å². The average molecular weight is 387 g/mol. The molecule has 0 radical (unpaired) electrons. The first-order valence-corrected chi connectivity index (χ1v) is 9.77. The number of benzene rings is 2. The lowest BCUT2D eigenvalue weighted by Gasteiger charge is -2.26. The summed E-state index contributed by atoms with van der Waals surface area (Å²) in [5.41, 5.74) is 2.00. The highest BCUT2D eigenvalue weighted by molar-refractivity contribution is 6.30. The van der Waals surface area contributed by atoms with Gasteiger partial charge >= 0.3 is 0 Å². The Morgan fingerprint density at radius 1 is 1.07 bits per heavy atom. The van der Waals surface area contributed by atoms with E-state index in [4.69, 9.17) is 21.1 Å². The third kappa shape index (κ3) is 4.14. The summed E-state index contributed by atoms with van der Waals surface area (Å²) in [5.74, 6) is 1.67. The number of hydrogen-bond acceptors (Lipinski definition) is 4. The van der Waals surface area contributed by atoms with Crippen molar-refractivity contribution >= 4 is 23.2 Å². The molecule has 1 atom stereocenters. The zero-order chi connectivity index (χ0) is 18.6. The minimum atomic E-state index is 0.0849. The Morgan fingerprint density at radius 3 is 2.67 bits per heavy atom. The van der Waals surface area contributed by atoms with Gasteiger partial charge in [0.25, 0.3) is 0 Å². The number of nitrogens with zero attached hydrogens (tertiary/aromatic N) is 1. The molecular weight excluding hydrogens is 364 g/mol. The van der Waals surface area contributed by atoms with Crippen molar-refractivity contribution in [1.82, 2.24) is 4.90 Å². The van der Waals surface area contributed by atoms with E-state index >= 15 is 0 Å². The van der Waals surface area contributed by atoms with Crippen LogP contribution in [-0.4, -0.2) is 37.1 Å². The molecule has 1 N–H and O–H groups in total. The molecule has 2 heterocycles. The van der Waals surface area contributed by atoms with Gasteiger partial charge in [-0.05, 0) is 54.8 Å². The smallest absolute Gasteiger partial charge is 0.242 e. The highest BCUT2D eigenvalue weighted by atomic mass is 35.5. The maximum atomic E-state index is 12.8. The summed E-state index contributed by atoms with van der Waals surface area (Å²) in [6.07, 6.45) is 2.85. The third-order valence-corrected chi connectivity index (χ3v) is 5.27. The molecule has 2 aliphatic heterocycles. The zero-order valence-corrected chi connectivity index (χ0v) is 15.9. The molecule has 6 heteroatoms. The van der Waals surface area contributed by atoms with Crippen LogP contribution in [0.15, 0.2) is 42.5 Å². The molecule has 0 aromatic heterocycles. The van der Waals surface area contributed by atoms with E-state index in [0.29, 0.717) is 18.2 Å². The number of rotatable bonds is 4. The quantitative estimate of drug-likeness (QED) is 0.852. The first-order chi connectivity index (χ1) is 13.2. The number of fused-ring (bicyclic) bond motifs is 1. The van der Waals surface area contributed by atoms with Gasteiger partial charge in [-0.15, -0.1) is 0 Å². The van der Waals surface area contributed by atoms with E-state index < -0.39 is 0 Å². The summed E-state index contributed by atoms with van der Waals surface area (Å²) in [6.45, 7) is 2.38. The second kappa shape index (κ2) is 8.09. The number of likely N-dealkylation sites (tertiary alicyclic amines) is 1. The predicted octanol–water partition coefficient (Wildman–Crippen LogP) is 4.28. The Morgan fingerprint density at radius 2 is 1.85 bits per heavy atom. The van der Waals surface area contributed by atoms with Crippen LogP contribution in [0.1, 0.15) is 30.9 Å². The third-order valence-electron chi connectivity index (χ3n) is 5.02. The number of halogens is 1. The van der Waals surface area contributed by atoms with Crippen LogP contribution in [0.2, 0.25) is 5.02 Å². The van der Waals surface area contributed by atoms with Gasteiger partial charge in [-0.3, -0.25) is 4.79 Å². The Balaban J connectivity index is 1.44. The van der Waals surface area contributed by atoms with Crippen molar-refractivity contribution in [3.8, 4) is 11.5 Å². The SMILES string of the molecule is O=C(CNc1ccc(Cl)cc1)N1CCCC1c1ccc2c(c1)OCCCO2. The molecule has 0 bridgehead atoms. The van der Waals surface area contributed by atoms with Crippen LogP contribution in [0.25, 0.3) is 0 Å². The topological polar surface area (TPSA) is 50.8 Å². The predicted molar refractivity (Wildman–Crippen MR) is 106 cm³/mol. The minimum absolute atomic E-state index is 0.0849. The summed E-state index contributed by atoms with van der Waals surface area (Å²) in [6, 6.07) is 13.5. The molecule has 1 unspecified atom stereocenters. The van der Waals surface area contributed by atoms with Gasteiger partial charge in [-0.1, -0.05) is 17.7 Å². The van der Waals surface area contributed by atoms with E-state index in [1.54, 1.807) is 0 Å². The van der Waals surface area contributed by atoms with Gasteiger partial charge in [0.15, 0.2) is 11.5 Å². The lowest BCUT2D eigenvalue weighted by atomic mass is 10.0. The largest absolute Gasteiger partial charge is 0.490 e. The molecule has 4 rings (SSSR count). The zero-order valence-electron chi connectivity index (χ0n) is 15.1. The number of hydrogen-bond donors (Lipinski definition) is 1. The highest BCUT2D eigenvalue weighted by Crippen LogP contribution is 2.37. The molecule has 1 fully saturated rings. The fraction of sp³-hybridized carbons (Fsp3) is 0.381. The molecule has 1 saturated heterocycles. The second-order valence-electron chi connectivity index (χ2n) is 6.86. The first-order valence-electron chi connectivity index (χ1n) is 9.39. The highest BCUT2D eigenvalue weighted by Gasteiger charge is 2.30. The standard InChI is InChI=1S/C21H23ClN2O3/c22-16-5-7-17(8-6-16)23-14-21(25)24-10-1-3-18(24)15-4-9-19-20(13-15)27-12-2-11-26-19/h4-9,13,18,23H,1-3,10-12,14H2. The summed E-state index contributed by atoms with van der Waals surface area (Å²) >= 11 is 5.90. The summed E-state index contributed by atoms with van der Waals surface area (Å²) in [5, 5.41) is 3.87. The lowest BCUT2D eigenvalue weighted by molar-refractivity contribution is -0.130. The van der Waals surface area contributed by atoms with Gasteiger partial charge < -0.3 is 19.7 Å². The van der Waals surface area contributed by atoms with Gasteiger partial charge in [0, 0.05) is 23.7 Å². The molecule has 1 amide bonds. The molecule has 2 aromatic rings. The Labute approximate surface area is 164 Å². The van der Waals surface area contributed by atoms with Crippen molar-refractivity contribution in [1.29, 1.82) is 0 Å². The summed E-state index contributed by atoms with van der Waals surface area (Å²) in [4.78, 5) is 14.8. The van der Waals surface area contributed by atoms with E-state index in [9.17, 15) is 4.79 Å². The Hall–Kier alpha value is -2.40. The molecule has 0 aliphatic carbocycles. The van der Waals surface area contributed by atoms with Crippen LogP contribution in [0.3, 0.4) is 0 Å². The van der Waals surface area contributed by atoms with Crippen molar-refractivity contribution < 1.29 is 14.3 Å². The number of ether oxygens (including phenoxy) is 2. The molecule has 5 nitrogen and oxygen atoms in total. The van der Waals surface area contributed by atoms with E-state index in [2.05, 4.69) is 11.4 Å². The summed E-state index contributed by atoms with van der Waals surface area (Å²) < 4.78 is 11.5. The average Bonchev–Trinajstić information content (AvgIpc) is 3.06. The van der Waals surface area contributed by atoms with Crippen LogP contribution in [0.4, 0.5) is 5.69 Å². The van der Waals surface area contributed by atoms with Crippen molar-refractivity contribution in [2.24, 2.45) is 0 Å². The monoisotopic (exact) mass is 386 g/mol. The molecule has 27 heavy (non-hydrogen) atoms.